The van der Waals surface area contributed by atoms with Crippen molar-refractivity contribution >= 4 is 21.1 Å². The number of hydrogen-bond acceptors (Lipinski definition) is 22. The van der Waals surface area contributed by atoms with Crippen molar-refractivity contribution in [2.45, 2.75) is 161 Å². The zero-order valence-corrected chi connectivity index (χ0v) is 62.9. The number of nitrogens with zero attached hydrogens (tertiary/aromatic N) is 1. The molecule has 25 heteroatoms. The minimum atomic E-state index is -1.69. The summed E-state index contributed by atoms with van der Waals surface area (Å²) < 4.78 is 94.6. The Bertz CT molecular complexity index is 2120. The highest BCUT2D eigenvalue weighted by Gasteiger charge is 2.60. The maximum Gasteiger partial charge on any atom is 0.253 e. The number of methoxy groups -OCH3 is 1. The number of hydrogen-bond donors (Lipinski definition) is 4. The Morgan fingerprint density at radius 1 is 0.556 bits per heavy atom. The monoisotopic (exact) mass is 1430 g/mol. The molecular formula is C74H135N2O22P. The Hall–Kier alpha value is -1.95. The molecule has 2 amide bonds. The highest BCUT2D eigenvalue weighted by Crippen LogP contribution is 2.67. The van der Waals surface area contributed by atoms with E-state index in [0.717, 1.165) is 62.0 Å². The lowest BCUT2D eigenvalue weighted by Crippen LogP contribution is -2.61. The second kappa shape index (κ2) is 53.8. The molecule has 5 rings (SSSR count). The van der Waals surface area contributed by atoms with Crippen molar-refractivity contribution in [1.29, 1.82) is 0 Å². The number of carbonyl (C=O) groups excluding carboxylic acids is 2. The van der Waals surface area contributed by atoms with Crippen molar-refractivity contribution in [3.05, 3.63) is 23.4 Å². The van der Waals surface area contributed by atoms with Gasteiger partial charge >= 0.3 is 0 Å². The van der Waals surface area contributed by atoms with Gasteiger partial charge in [-0.3, -0.25) is 9.59 Å². The average molecular weight is 1440 g/mol. The third kappa shape index (κ3) is 33.6. The van der Waals surface area contributed by atoms with Crippen molar-refractivity contribution in [2.24, 2.45) is 46.3 Å². The van der Waals surface area contributed by atoms with Gasteiger partial charge in [0.25, 0.3) is 5.91 Å². The number of ether oxygens (including phenoxy) is 17. The van der Waals surface area contributed by atoms with Crippen LogP contribution in [0.5, 0.6) is 0 Å². The molecule has 0 spiro atoms. The second-order valence-corrected chi connectivity index (χ2v) is 28.7. The minimum absolute atomic E-state index is 0.0212. The number of amides is 2. The Labute approximate surface area is 596 Å². The van der Waals surface area contributed by atoms with Gasteiger partial charge in [0, 0.05) is 24.5 Å². The molecule has 3 unspecified atom stereocenters. The van der Waals surface area contributed by atoms with Crippen molar-refractivity contribution in [3.8, 4) is 0 Å². The van der Waals surface area contributed by atoms with Gasteiger partial charge in [-0.05, 0) is 123 Å². The summed E-state index contributed by atoms with van der Waals surface area (Å²) in [6, 6.07) is -1.47. The summed E-state index contributed by atoms with van der Waals surface area (Å²) in [6.45, 7) is 26.1. The van der Waals surface area contributed by atoms with Crippen LogP contribution in [0.25, 0.3) is 0 Å². The molecule has 4 N–H and O–H groups in total. The van der Waals surface area contributed by atoms with Crippen molar-refractivity contribution in [1.82, 2.24) is 10.2 Å². The smallest absolute Gasteiger partial charge is 0.253 e. The average Bonchev–Trinajstić information content (AvgIpc) is 1.70. The lowest BCUT2D eigenvalue weighted by Gasteiger charge is -2.59. The normalized spacial score (nSPS) is 23.8. The molecule has 0 heterocycles. The highest BCUT2D eigenvalue weighted by molar-refractivity contribution is 7.17. The van der Waals surface area contributed by atoms with Gasteiger partial charge in [-0.15, -0.1) is 9.24 Å². The SMILES string of the molecule is COCCOCCOCCOCCOCCOCCOCCOCCOCCOCCOCCOCCOCCOCCOCCOCCOCC(C(=O)NC1=CCCCC1)N(C(=O)[C@@H](O)[C@H](P)[C@H](O)CO)C1CC[C@@]2(C)C(=CC[C@H]3[C@@H]4CC[C@H]([C@H](C)CCCC(C)C)[C@@]4(C)CC[C@@H]32)C1. The van der Waals surface area contributed by atoms with E-state index in [4.69, 9.17) is 80.5 Å². The zero-order chi connectivity index (χ0) is 71.0. The third-order valence-corrected chi connectivity index (χ3v) is 21.5. The molecule has 5 aliphatic rings. The first-order valence-electron chi connectivity index (χ1n) is 37.7. The number of aliphatic hydroxyl groups is 3. The Morgan fingerprint density at radius 3 is 1.39 bits per heavy atom. The summed E-state index contributed by atoms with van der Waals surface area (Å²) in [5.74, 6) is 3.14. The first-order valence-corrected chi connectivity index (χ1v) is 38.4. The number of nitrogens with one attached hydrogen (secondary N) is 1. The molecule has 0 bridgehead atoms. The largest absolute Gasteiger partial charge is 0.394 e. The van der Waals surface area contributed by atoms with E-state index in [0.29, 0.717) is 234 Å². The van der Waals surface area contributed by atoms with Crippen molar-refractivity contribution in [2.75, 3.05) is 232 Å². The maximum absolute atomic E-state index is 14.9. The van der Waals surface area contributed by atoms with Crippen LogP contribution in [0.1, 0.15) is 131 Å². The van der Waals surface area contributed by atoms with E-state index in [-0.39, 0.29) is 31.1 Å². The molecule has 3 fully saturated rings. The molecule has 0 aliphatic heterocycles. The number of aliphatic hydroxyl groups excluding tert-OH is 3. The first-order chi connectivity index (χ1) is 48.3. The molecule has 24 nitrogen and oxygen atoms in total. The topological polar surface area (TPSA) is 267 Å². The molecule has 0 radical (unpaired) electrons. The van der Waals surface area contributed by atoms with E-state index in [1.54, 1.807) is 12.0 Å². The quantitative estimate of drug-likeness (QED) is 0.0270. The number of carbonyl (C=O) groups is 2. The van der Waals surface area contributed by atoms with E-state index in [1.165, 1.54) is 50.5 Å². The van der Waals surface area contributed by atoms with Crippen LogP contribution in [0.3, 0.4) is 0 Å². The minimum Gasteiger partial charge on any atom is -0.394 e. The number of allylic oxidation sites excluding steroid dienone is 3. The third-order valence-electron chi connectivity index (χ3n) is 20.7. The van der Waals surface area contributed by atoms with Crippen LogP contribution in [0, 0.1) is 46.3 Å². The van der Waals surface area contributed by atoms with Crippen molar-refractivity contribution < 1.29 is 105 Å². The lowest BCUT2D eigenvalue weighted by molar-refractivity contribution is -0.155. The summed E-state index contributed by atoms with van der Waals surface area (Å²) in [4.78, 5) is 31.1. The van der Waals surface area contributed by atoms with Gasteiger partial charge < -0.3 is 106 Å². The fourth-order valence-electron chi connectivity index (χ4n) is 15.3. The van der Waals surface area contributed by atoms with E-state index < -0.39 is 42.5 Å². The van der Waals surface area contributed by atoms with Crippen LogP contribution in [0.15, 0.2) is 23.4 Å². The predicted octanol–water partition coefficient (Wildman–Crippen LogP) is 7.04. The summed E-state index contributed by atoms with van der Waals surface area (Å²) >= 11 is 0. The fraction of sp³-hybridized carbons (Fsp3) is 0.919. The standard InChI is InChI=1S/C74H135N2O22P/c1-58(2)11-10-12-59(3)64-17-18-65-63-16-15-60-55-62(19-21-73(60,4)66(63)20-22-74(64,65)5)76(72(81)69(79)70(99)68(78)56-77)67(71(80)75-61-13-8-7-9-14-61)57-98-54-53-97-52-51-96-50-49-95-48-47-94-46-45-93-44-43-92-42-41-91-40-39-90-38-37-89-36-35-88-34-33-87-32-31-86-30-29-85-28-27-84-26-25-83-24-23-82-6/h13,15,58-59,62-70,77-79H,7-12,14,16-57,99H2,1-6H3,(H,75,80)/t59-,62?,63+,64-,65+,66+,67?,68-,69+,70-,73+,74-/m1/s1. The van der Waals surface area contributed by atoms with Crippen LogP contribution in [-0.4, -0.2) is 294 Å². The van der Waals surface area contributed by atoms with Crippen LogP contribution < -0.4 is 5.32 Å². The Morgan fingerprint density at radius 2 is 0.990 bits per heavy atom. The molecule has 99 heavy (non-hydrogen) atoms. The van der Waals surface area contributed by atoms with Gasteiger partial charge in [0.2, 0.25) is 5.91 Å². The van der Waals surface area contributed by atoms with E-state index in [1.807, 2.05) is 0 Å². The maximum atomic E-state index is 14.9. The molecule has 578 valence electrons. The van der Waals surface area contributed by atoms with Gasteiger partial charge in [-0.25, -0.2) is 0 Å². The lowest BCUT2D eigenvalue weighted by atomic mass is 9.46. The van der Waals surface area contributed by atoms with Crippen LogP contribution in [0.2, 0.25) is 0 Å². The van der Waals surface area contributed by atoms with Gasteiger partial charge in [-0.1, -0.05) is 71.6 Å². The Balaban J connectivity index is 0.853. The predicted molar refractivity (Wildman–Crippen MR) is 380 cm³/mol. The first kappa shape index (κ1) is 87.7. The summed E-state index contributed by atoms with van der Waals surface area (Å²) in [7, 11) is 3.99. The molecule has 5 aliphatic carbocycles. The van der Waals surface area contributed by atoms with Gasteiger partial charge in [0.05, 0.1) is 231 Å². The summed E-state index contributed by atoms with van der Waals surface area (Å²) in [5, 5.41) is 35.4. The van der Waals surface area contributed by atoms with Crippen molar-refractivity contribution in [3.63, 3.8) is 0 Å². The van der Waals surface area contributed by atoms with E-state index in [9.17, 15) is 24.9 Å². The Kier molecular flexibility index (Phi) is 47.6. The van der Waals surface area contributed by atoms with Gasteiger partial charge in [0.1, 0.15) is 12.1 Å². The fourth-order valence-corrected chi connectivity index (χ4v) is 15.5. The molecule has 0 saturated heterocycles. The number of rotatable bonds is 63. The summed E-state index contributed by atoms with van der Waals surface area (Å²) in [6.07, 6.45) is 17.3. The van der Waals surface area contributed by atoms with Crippen LogP contribution in [-0.2, 0) is 90.1 Å². The van der Waals surface area contributed by atoms with Gasteiger partial charge in [-0.2, -0.15) is 0 Å². The molecule has 0 aromatic heterocycles. The van der Waals surface area contributed by atoms with Gasteiger partial charge in [0.15, 0.2) is 0 Å². The molecule has 0 aromatic carbocycles. The summed E-state index contributed by atoms with van der Waals surface area (Å²) in [5.41, 5.74) is 1.48. The molecule has 13 atom stereocenters. The zero-order valence-electron chi connectivity index (χ0n) is 61.8. The number of fused-ring (bicyclic) bond motifs is 5. The molecular weight excluding hydrogens is 1300 g/mol. The van der Waals surface area contributed by atoms with E-state index in [2.05, 4.69) is 61.3 Å². The van der Waals surface area contributed by atoms with E-state index >= 15 is 0 Å². The second-order valence-electron chi connectivity index (χ2n) is 27.9. The molecule has 0 aromatic rings. The molecule has 3 saturated carbocycles. The van der Waals surface area contributed by atoms with Crippen LogP contribution >= 0.6 is 9.24 Å². The highest BCUT2D eigenvalue weighted by atomic mass is 31.0. The van der Waals surface area contributed by atoms with Crippen LogP contribution in [0.4, 0.5) is 0 Å².